The van der Waals surface area contributed by atoms with Gasteiger partial charge in [0.2, 0.25) is 10.0 Å². The number of carbonyl (C=O) groups excluding carboxylic acids is 1. The van der Waals surface area contributed by atoms with Gasteiger partial charge in [-0.05, 0) is 86.4 Å². The van der Waals surface area contributed by atoms with Crippen LogP contribution >= 0.6 is 0 Å². The van der Waals surface area contributed by atoms with Gasteiger partial charge in [0.1, 0.15) is 5.78 Å². The largest absolute Gasteiger partial charge is 0.387 e. The van der Waals surface area contributed by atoms with Crippen molar-refractivity contribution in [2.45, 2.75) is 70.0 Å². The van der Waals surface area contributed by atoms with Crippen molar-refractivity contribution in [1.82, 2.24) is 9.21 Å². The first kappa shape index (κ1) is 24.8. The monoisotopic (exact) mass is 508 g/mol. The molecule has 0 aromatic carbocycles. The highest BCUT2D eigenvalue weighted by molar-refractivity contribution is 7.88. The number of nitrogens with zero attached hydrogens (tertiary/aromatic N) is 2. The van der Waals surface area contributed by atoms with Gasteiger partial charge in [-0.2, -0.15) is 4.31 Å². The number of hydrogen-bond donors (Lipinski definition) is 1. The Labute approximate surface area is 211 Å². The molecule has 6 fully saturated rings. The Kier molecular flexibility index (Phi) is 6.01. The fourth-order valence-electron chi connectivity index (χ4n) is 10.2. The summed E-state index contributed by atoms with van der Waals surface area (Å²) in [5, 5.41) is 11.0. The van der Waals surface area contributed by atoms with Gasteiger partial charge in [-0.1, -0.05) is 6.92 Å². The molecule has 10 atom stereocenters. The number of carbonyl (C=O) groups is 1. The van der Waals surface area contributed by atoms with E-state index in [4.69, 9.17) is 4.74 Å². The molecule has 5 aliphatic carbocycles. The fourth-order valence-corrected chi connectivity index (χ4v) is 11.0. The number of rotatable bonds is 5. The van der Waals surface area contributed by atoms with Gasteiger partial charge >= 0.3 is 0 Å². The predicted octanol–water partition coefficient (Wildman–Crippen LogP) is 2.39. The van der Waals surface area contributed by atoms with Crippen molar-refractivity contribution in [2.75, 3.05) is 46.1 Å². The summed E-state index contributed by atoms with van der Waals surface area (Å²) in [6.07, 6.45) is 10.4. The number of Topliss-reactive ketones (excluding diaryl/α,β-unsaturated/α-hetero) is 1. The molecule has 0 aromatic heterocycles. The summed E-state index contributed by atoms with van der Waals surface area (Å²) in [7, 11) is -1.39. The molecule has 2 unspecified atom stereocenters. The number of fused-ring (bicyclic) bond motifs is 7. The highest BCUT2D eigenvalue weighted by Crippen LogP contribution is 2.69. The smallest absolute Gasteiger partial charge is 0.211 e. The molecule has 6 rings (SSSR count). The molecule has 0 radical (unpaired) electrons. The number of hydrogen-bond acceptors (Lipinski definition) is 6. The van der Waals surface area contributed by atoms with Gasteiger partial charge in [0.15, 0.2) is 0 Å². The van der Waals surface area contributed by atoms with Crippen LogP contribution in [0.4, 0.5) is 0 Å². The maximum Gasteiger partial charge on any atom is 0.211 e. The molecule has 0 aromatic rings. The van der Waals surface area contributed by atoms with E-state index >= 15 is 0 Å². The third-order valence-corrected chi connectivity index (χ3v) is 13.2. The van der Waals surface area contributed by atoms with E-state index in [-0.39, 0.29) is 17.4 Å². The average molecular weight is 509 g/mol. The van der Waals surface area contributed by atoms with Gasteiger partial charge in [0, 0.05) is 45.1 Å². The lowest BCUT2D eigenvalue weighted by Gasteiger charge is -2.55. The van der Waals surface area contributed by atoms with Crippen LogP contribution in [-0.4, -0.2) is 86.3 Å². The van der Waals surface area contributed by atoms with Gasteiger partial charge in [-0.3, -0.25) is 9.69 Å². The summed E-state index contributed by atoms with van der Waals surface area (Å²) in [6, 6.07) is 0. The van der Waals surface area contributed by atoms with Gasteiger partial charge in [0.05, 0.1) is 24.5 Å². The lowest BCUT2D eigenvalue weighted by atomic mass is 9.49. The Bertz CT molecular complexity index is 965. The van der Waals surface area contributed by atoms with E-state index < -0.39 is 15.6 Å². The van der Waals surface area contributed by atoms with Crippen molar-refractivity contribution < 1.29 is 23.1 Å². The van der Waals surface area contributed by atoms with Crippen molar-refractivity contribution in [3.63, 3.8) is 0 Å². The average Bonchev–Trinajstić information content (AvgIpc) is 3.28. The number of piperazine rings is 1. The molecule has 198 valence electrons. The topological polar surface area (TPSA) is 87.2 Å². The second kappa shape index (κ2) is 8.48. The van der Waals surface area contributed by atoms with Crippen LogP contribution < -0.4 is 0 Å². The molecule has 8 heteroatoms. The molecular weight excluding hydrogens is 464 g/mol. The van der Waals surface area contributed by atoms with Gasteiger partial charge in [-0.15, -0.1) is 0 Å². The van der Waals surface area contributed by atoms with Crippen LogP contribution in [0.5, 0.6) is 0 Å². The Morgan fingerprint density at radius 3 is 2.29 bits per heavy atom. The minimum absolute atomic E-state index is 0.0516. The van der Waals surface area contributed by atoms with Gasteiger partial charge in [0.25, 0.3) is 0 Å². The minimum Gasteiger partial charge on any atom is -0.387 e. The van der Waals surface area contributed by atoms with Gasteiger partial charge < -0.3 is 9.84 Å². The number of methoxy groups -OCH3 is 1. The van der Waals surface area contributed by atoms with Crippen LogP contribution in [0.15, 0.2) is 0 Å². The number of ether oxygens (including phenoxy) is 1. The SMILES string of the molecule is COC1C2[C@@H]3CC[C@@H]4[C@H](CC[C@]5(C)[C@@H](C(=O)CN6CCN(S(C)(=O)=O)CC6)CC[C@@H]45)[C@H]3CC[C@]12O. The Hall–Kier alpha value is -0.540. The summed E-state index contributed by atoms with van der Waals surface area (Å²) in [4.78, 5) is 15.7. The molecule has 0 bridgehead atoms. The molecule has 7 nitrogen and oxygen atoms in total. The number of sulfonamides is 1. The van der Waals surface area contributed by atoms with Crippen molar-refractivity contribution in [2.24, 2.45) is 46.8 Å². The second-order valence-corrected chi connectivity index (χ2v) is 15.1. The van der Waals surface area contributed by atoms with Gasteiger partial charge in [-0.25, -0.2) is 8.42 Å². The summed E-state index contributed by atoms with van der Waals surface area (Å²) < 4.78 is 30.8. The van der Waals surface area contributed by atoms with Crippen molar-refractivity contribution in [3.05, 3.63) is 0 Å². The molecule has 1 heterocycles. The maximum absolute atomic E-state index is 13.6. The van der Waals surface area contributed by atoms with E-state index in [2.05, 4.69) is 11.8 Å². The van der Waals surface area contributed by atoms with E-state index in [1.54, 1.807) is 7.11 Å². The molecule has 0 amide bonds. The van der Waals surface area contributed by atoms with Crippen molar-refractivity contribution in [3.8, 4) is 0 Å². The summed E-state index contributed by atoms with van der Waals surface area (Å²) >= 11 is 0. The lowest BCUT2D eigenvalue weighted by Crippen LogP contribution is -2.52. The normalized spacial score (nSPS) is 50.1. The van der Waals surface area contributed by atoms with Crippen LogP contribution in [0, 0.1) is 46.8 Å². The summed E-state index contributed by atoms with van der Waals surface area (Å²) in [5.41, 5.74) is -0.437. The van der Waals surface area contributed by atoms with Crippen molar-refractivity contribution >= 4 is 15.8 Å². The molecule has 35 heavy (non-hydrogen) atoms. The van der Waals surface area contributed by atoms with E-state index in [1.807, 2.05) is 0 Å². The first-order valence-electron chi connectivity index (χ1n) is 14.0. The standard InChI is InChI=1S/C27H44N2O5S/c1-26-10-8-17-18-9-11-27(31)24(25(27)34-2)20(18)5-4-19(17)21(26)6-7-22(26)23(30)16-28-12-14-29(15-13-28)35(3,32)33/h17-22,24-25,31H,4-16H2,1-3H3/t17-,18-,19-,20-,21+,22-,24?,25?,26+,27-/m1/s1. The maximum atomic E-state index is 13.6. The minimum atomic E-state index is -3.15. The Morgan fingerprint density at radius 2 is 1.60 bits per heavy atom. The second-order valence-electron chi connectivity index (χ2n) is 13.1. The molecule has 5 saturated carbocycles. The summed E-state index contributed by atoms with van der Waals surface area (Å²) in [6.45, 7) is 5.16. The molecule has 1 N–H and O–H groups in total. The van der Waals surface area contributed by atoms with Crippen LogP contribution in [0.1, 0.15) is 58.3 Å². The molecule has 0 spiro atoms. The van der Waals surface area contributed by atoms with E-state index in [0.29, 0.717) is 56.3 Å². The van der Waals surface area contributed by atoms with Crippen LogP contribution in [0.2, 0.25) is 0 Å². The first-order chi connectivity index (χ1) is 16.6. The van der Waals surface area contributed by atoms with E-state index in [0.717, 1.165) is 43.4 Å². The van der Waals surface area contributed by atoms with Crippen LogP contribution in [0.3, 0.4) is 0 Å². The zero-order valence-electron chi connectivity index (χ0n) is 21.7. The highest BCUT2D eigenvalue weighted by Gasteiger charge is 2.72. The van der Waals surface area contributed by atoms with Crippen LogP contribution in [0.25, 0.3) is 0 Å². The molecular formula is C27H44N2O5S. The fraction of sp³-hybridized carbons (Fsp3) is 0.963. The lowest BCUT2D eigenvalue weighted by molar-refractivity contribution is -0.132. The summed E-state index contributed by atoms with van der Waals surface area (Å²) in [5.74, 6) is 4.37. The number of ketones is 1. The highest BCUT2D eigenvalue weighted by atomic mass is 32.2. The van der Waals surface area contributed by atoms with Crippen molar-refractivity contribution in [1.29, 1.82) is 0 Å². The van der Waals surface area contributed by atoms with Crippen LogP contribution in [-0.2, 0) is 19.6 Å². The molecule has 1 saturated heterocycles. The molecule has 6 aliphatic rings. The Morgan fingerprint density at radius 1 is 0.943 bits per heavy atom. The van der Waals surface area contributed by atoms with E-state index in [1.165, 1.54) is 36.2 Å². The Balaban J connectivity index is 1.10. The predicted molar refractivity (Wildman–Crippen MR) is 133 cm³/mol. The third-order valence-electron chi connectivity index (χ3n) is 11.9. The molecule has 1 aliphatic heterocycles. The zero-order valence-corrected chi connectivity index (χ0v) is 22.5. The quantitative estimate of drug-likeness (QED) is 0.614. The zero-order chi connectivity index (χ0) is 24.8. The first-order valence-corrected chi connectivity index (χ1v) is 15.9. The number of aliphatic hydroxyl groups is 1. The van der Waals surface area contributed by atoms with E-state index in [9.17, 15) is 18.3 Å². The third kappa shape index (κ3) is 3.79.